The Bertz CT molecular complexity index is 546. The SMILES string of the molecule is O.O=Cc1ccc(-c2ccccc2[N+](=O)[O-])o1. The van der Waals surface area contributed by atoms with Crippen molar-refractivity contribution in [1.29, 1.82) is 0 Å². The zero-order valence-electron chi connectivity index (χ0n) is 8.62. The van der Waals surface area contributed by atoms with Crippen LogP contribution in [-0.2, 0) is 0 Å². The standard InChI is InChI=1S/C11H7NO4.H2O/c13-7-8-5-6-11(16-8)9-3-1-2-4-10(9)12(14)15;/h1-7H;1H2. The van der Waals surface area contributed by atoms with E-state index in [0.717, 1.165) is 0 Å². The fourth-order valence-corrected chi connectivity index (χ4v) is 1.40. The predicted molar refractivity (Wildman–Crippen MR) is 59.8 cm³/mol. The molecule has 0 atom stereocenters. The molecule has 1 aromatic heterocycles. The van der Waals surface area contributed by atoms with E-state index < -0.39 is 4.92 Å². The van der Waals surface area contributed by atoms with Crippen LogP contribution in [0.25, 0.3) is 11.3 Å². The highest BCUT2D eigenvalue weighted by Gasteiger charge is 2.16. The number of carbonyl (C=O) groups is 1. The molecule has 0 aliphatic rings. The van der Waals surface area contributed by atoms with Crippen LogP contribution in [0.15, 0.2) is 40.8 Å². The van der Waals surface area contributed by atoms with Crippen molar-refractivity contribution < 1.29 is 19.6 Å². The molecule has 0 unspecified atom stereocenters. The summed E-state index contributed by atoms with van der Waals surface area (Å²) in [6.45, 7) is 0. The van der Waals surface area contributed by atoms with Crippen LogP contribution >= 0.6 is 0 Å². The number of furan rings is 1. The Kier molecular flexibility index (Phi) is 3.74. The number of nitro groups is 1. The summed E-state index contributed by atoms with van der Waals surface area (Å²) in [7, 11) is 0. The third-order valence-corrected chi connectivity index (χ3v) is 2.11. The maximum atomic E-state index is 10.8. The van der Waals surface area contributed by atoms with Crippen molar-refractivity contribution in [2.24, 2.45) is 0 Å². The van der Waals surface area contributed by atoms with Gasteiger partial charge in [-0.2, -0.15) is 0 Å². The van der Waals surface area contributed by atoms with Crippen LogP contribution in [0.2, 0.25) is 0 Å². The van der Waals surface area contributed by atoms with Crippen molar-refractivity contribution in [3.63, 3.8) is 0 Å². The van der Waals surface area contributed by atoms with Gasteiger partial charge in [-0.15, -0.1) is 0 Å². The summed E-state index contributed by atoms with van der Waals surface area (Å²) in [5.74, 6) is 0.461. The van der Waals surface area contributed by atoms with E-state index in [2.05, 4.69) is 0 Å². The van der Waals surface area contributed by atoms with Gasteiger partial charge in [-0.05, 0) is 18.2 Å². The minimum atomic E-state index is -0.488. The van der Waals surface area contributed by atoms with Crippen LogP contribution in [0.1, 0.15) is 10.6 Å². The van der Waals surface area contributed by atoms with Gasteiger partial charge in [0.1, 0.15) is 5.76 Å². The van der Waals surface area contributed by atoms with Crippen molar-refractivity contribution in [3.8, 4) is 11.3 Å². The van der Waals surface area contributed by atoms with Crippen LogP contribution in [0.5, 0.6) is 0 Å². The van der Waals surface area contributed by atoms with Gasteiger partial charge in [0.05, 0.1) is 10.5 Å². The Morgan fingerprint density at radius 2 is 1.88 bits per heavy atom. The van der Waals surface area contributed by atoms with Gasteiger partial charge in [0.2, 0.25) is 0 Å². The summed E-state index contributed by atoms with van der Waals surface area (Å²) >= 11 is 0. The fourth-order valence-electron chi connectivity index (χ4n) is 1.40. The molecule has 6 nitrogen and oxygen atoms in total. The number of nitrogens with zero attached hydrogens (tertiary/aromatic N) is 1. The van der Waals surface area contributed by atoms with Gasteiger partial charge < -0.3 is 9.89 Å². The van der Waals surface area contributed by atoms with Gasteiger partial charge >= 0.3 is 0 Å². The molecule has 0 saturated carbocycles. The number of hydrogen-bond acceptors (Lipinski definition) is 4. The highest BCUT2D eigenvalue weighted by Crippen LogP contribution is 2.30. The first-order valence-electron chi connectivity index (χ1n) is 4.51. The normalized spacial score (nSPS) is 9.41. The maximum absolute atomic E-state index is 10.8. The topological polar surface area (TPSA) is 105 Å². The number of carbonyl (C=O) groups excluding carboxylic acids is 1. The maximum Gasteiger partial charge on any atom is 0.280 e. The molecule has 0 saturated heterocycles. The zero-order chi connectivity index (χ0) is 11.5. The molecular formula is C11H9NO5. The Balaban J connectivity index is 0.00000144. The van der Waals surface area contributed by atoms with Gasteiger partial charge in [-0.1, -0.05) is 12.1 Å². The number of hydrogen-bond donors (Lipinski definition) is 0. The smallest absolute Gasteiger partial charge is 0.280 e. The molecule has 1 aromatic carbocycles. The number of aldehydes is 1. The molecule has 2 aromatic rings. The van der Waals surface area contributed by atoms with Crippen LogP contribution < -0.4 is 0 Å². The minimum Gasteiger partial charge on any atom is -0.453 e. The second-order valence-corrected chi connectivity index (χ2v) is 3.09. The molecule has 6 heteroatoms. The van der Waals surface area contributed by atoms with E-state index in [0.29, 0.717) is 17.6 Å². The van der Waals surface area contributed by atoms with Crippen molar-refractivity contribution in [1.82, 2.24) is 0 Å². The van der Waals surface area contributed by atoms with E-state index in [4.69, 9.17) is 4.42 Å². The lowest BCUT2D eigenvalue weighted by Crippen LogP contribution is -1.90. The minimum absolute atomic E-state index is 0. The molecule has 2 rings (SSSR count). The molecule has 1 heterocycles. The summed E-state index contributed by atoms with van der Waals surface area (Å²) in [4.78, 5) is 20.7. The van der Waals surface area contributed by atoms with Crippen LogP contribution in [-0.4, -0.2) is 16.7 Å². The number of para-hydroxylation sites is 1. The lowest BCUT2D eigenvalue weighted by atomic mass is 10.1. The summed E-state index contributed by atoms with van der Waals surface area (Å²) < 4.78 is 5.14. The largest absolute Gasteiger partial charge is 0.453 e. The molecule has 0 aliphatic carbocycles. The molecule has 88 valence electrons. The molecule has 17 heavy (non-hydrogen) atoms. The highest BCUT2D eigenvalue weighted by molar-refractivity contribution is 5.75. The molecule has 2 N–H and O–H groups in total. The molecular weight excluding hydrogens is 226 g/mol. The predicted octanol–water partition coefficient (Wildman–Crippen LogP) is 1.84. The summed E-state index contributed by atoms with van der Waals surface area (Å²) in [5, 5.41) is 10.8. The van der Waals surface area contributed by atoms with Crippen molar-refractivity contribution in [3.05, 3.63) is 52.3 Å². The highest BCUT2D eigenvalue weighted by atomic mass is 16.6. The molecule has 0 fully saturated rings. The first-order chi connectivity index (χ1) is 7.72. The summed E-state index contributed by atoms with van der Waals surface area (Å²) in [6, 6.07) is 9.21. The van der Waals surface area contributed by atoms with Crippen molar-refractivity contribution >= 4 is 12.0 Å². The molecule has 0 bridgehead atoms. The van der Waals surface area contributed by atoms with E-state index in [-0.39, 0.29) is 16.9 Å². The van der Waals surface area contributed by atoms with E-state index in [1.54, 1.807) is 18.2 Å². The zero-order valence-corrected chi connectivity index (χ0v) is 8.62. The van der Waals surface area contributed by atoms with Gasteiger partial charge in [-0.3, -0.25) is 14.9 Å². The quantitative estimate of drug-likeness (QED) is 0.459. The Hall–Kier alpha value is -2.47. The molecule has 0 spiro atoms. The summed E-state index contributed by atoms with van der Waals surface area (Å²) in [6.07, 6.45) is 0.554. The fraction of sp³-hybridized carbons (Fsp3) is 0. The Morgan fingerprint density at radius 1 is 1.18 bits per heavy atom. The van der Waals surface area contributed by atoms with E-state index in [9.17, 15) is 14.9 Å². The molecule has 0 radical (unpaired) electrons. The van der Waals surface area contributed by atoms with Crippen LogP contribution in [0.3, 0.4) is 0 Å². The Morgan fingerprint density at radius 3 is 2.47 bits per heavy atom. The number of benzene rings is 1. The van der Waals surface area contributed by atoms with E-state index >= 15 is 0 Å². The van der Waals surface area contributed by atoms with Gasteiger partial charge in [-0.25, -0.2) is 0 Å². The summed E-state index contributed by atoms with van der Waals surface area (Å²) in [5.41, 5.74) is 0.315. The van der Waals surface area contributed by atoms with Gasteiger partial charge in [0.25, 0.3) is 5.69 Å². The van der Waals surface area contributed by atoms with Gasteiger partial charge in [0.15, 0.2) is 12.0 Å². The lowest BCUT2D eigenvalue weighted by molar-refractivity contribution is -0.384. The average Bonchev–Trinajstić information content (AvgIpc) is 2.77. The van der Waals surface area contributed by atoms with E-state index in [1.807, 2.05) is 0 Å². The second-order valence-electron chi connectivity index (χ2n) is 3.09. The second kappa shape index (κ2) is 5.04. The van der Waals surface area contributed by atoms with Crippen molar-refractivity contribution in [2.75, 3.05) is 0 Å². The monoisotopic (exact) mass is 235 g/mol. The molecule has 0 amide bonds. The lowest BCUT2D eigenvalue weighted by Gasteiger charge is -1.98. The van der Waals surface area contributed by atoms with Crippen LogP contribution in [0, 0.1) is 10.1 Å². The molecule has 0 aliphatic heterocycles. The van der Waals surface area contributed by atoms with Crippen molar-refractivity contribution in [2.45, 2.75) is 0 Å². The number of rotatable bonds is 3. The third-order valence-electron chi connectivity index (χ3n) is 2.11. The van der Waals surface area contributed by atoms with E-state index in [1.165, 1.54) is 18.2 Å². The first-order valence-corrected chi connectivity index (χ1v) is 4.51. The first kappa shape index (κ1) is 12.6. The third kappa shape index (κ3) is 2.37. The van der Waals surface area contributed by atoms with Gasteiger partial charge in [0, 0.05) is 6.07 Å². The average molecular weight is 235 g/mol. The Labute approximate surface area is 95.9 Å². The number of nitro benzene ring substituents is 1. The van der Waals surface area contributed by atoms with Crippen LogP contribution in [0.4, 0.5) is 5.69 Å².